The topological polar surface area (TPSA) is 59.1 Å². The summed E-state index contributed by atoms with van der Waals surface area (Å²) in [6.45, 7) is 5.39. The predicted octanol–water partition coefficient (Wildman–Crippen LogP) is 3.36. The maximum Gasteiger partial charge on any atom is 0.158 e. The van der Waals surface area contributed by atoms with Gasteiger partial charge in [-0.3, -0.25) is 0 Å². The molecule has 0 bridgehead atoms. The third-order valence-corrected chi connectivity index (χ3v) is 3.04. The van der Waals surface area contributed by atoms with Crippen LogP contribution >= 0.6 is 0 Å². The van der Waals surface area contributed by atoms with Gasteiger partial charge in [-0.15, -0.1) is 0 Å². The highest BCUT2D eigenvalue weighted by atomic mass is 16.5. The van der Waals surface area contributed by atoms with Gasteiger partial charge in [0.05, 0.1) is 0 Å². The van der Waals surface area contributed by atoms with Crippen molar-refractivity contribution in [3.8, 4) is 0 Å². The highest BCUT2D eigenvalue weighted by Crippen LogP contribution is 2.18. The summed E-state index contributed by atoms with van der Waals surface area (Å²) in [6.07, 6.45) is 1.04. The van der Waals surface area contributed by atoms with E-state index in [1.165, 1.54) is 5.56 Å². The van der Waals surface area contributed by atoms with Crippen molar-refractivity contribution < 1.29 is 4.74 Å². The summed E-state index contributed by atoms with van der Waals surface area (Å²) in [5, 5.41) is 6.51. The molecule has 0 saturated heterocycles. The summed E-state index contributed by atoms with van der Waals surface area (Å²) in [7, 11) is 1.64. The highest BCUT2D eigenvalue weighted by molar-refractivity contribution is 5.59. The normalized spacial score (nSPS) is 10.4. The lowest BCUT2D eigenvalue weighted by Crippen LogP contribution is -2.06. The molecule has 0 unspecified atom stereocenters. The molecule has 0 radical (unpaired) electrons. The van der Waals surface area contributed by atoms with Crippen LogP contribution in [0.1, 0.15) is 25.2 Å². The third kappa shape index (κ3) is 4.43. The largest absolute Gasteiger partial charge is 0.377 e. The Morgan fingerprint density at radius 2 is 1.76 bits per heavy atom. The number of anilines is 3. The number of hydrogen-bond acceptors (Lipinski definition) is 5. The second-order valence-electron chi connectivity index (χ2n) is 4.69. The van der Waals surface area contributed by atoms with Gasteiger partial charge in [0.25, 0.3) is 0 Å². The Balaban J connectivity index is 2.20. The molecule has 0 amide bonds. The maximum absolute atomic E-state index is 5.12. The number of methoxy groups -OCH3 is 1. The fraction of sp³-hybridized carbons (Fsp3) is 0.375. The van der Waals surface area contributed by atoms with Crippen LogP contribution in [0.3, 0.4) is 0 Å². The van der Waals surface area contributed by atoms with Gasteiger partial charge in [0.15, 0.2) is 5.82 Å². The Hall–Kier alpha value is -2.14. The minimum absolute atomic E-state index is 0.392. The number of aryl methyl sites for hydroxylation is 1. The molecule has 5 heteroatoms. The number of benzene rings is 1. The highest BCUT2D eigenvalue weighted by Gasteiger charge is 2.05. The molecule has 2 aromatic rings. The van der Waals surface area contributed by atoms with E-state index in [9.17, 15) is 0 Å². The summed E-state index contributed by atoms with van der Waals surface area (Å²) in [6, 6.07) is 10.2. The zero-order chi connectivity index (χ0) is 15.1. The van der Waals surface area contributed by atoms with Crippen molar-refractivity contribution in [2.24, 2.45) is 0 Å². The van der Waals surface area contributed by atoms with Gasteiger partial charge < -0.3 is 15.4 Å². The summed E-state index contributed by atoms with van der Waals surface area (Å²) >= 11 is 0. The molecule has 21 heavy (non-hydrogen) atoms. The molecule has 0 aliphatic rings. The first-order valence-corrected chi connectivity index (χ1v) is 7.21. The van der Waals surface area contributed by atoms with Crippen molar-refractivity contribution in [3.05, 3.63) is 41.7 Å². The van der Waals surface area contributed by atoms with Crippen molar-refractivity contribution in [2.45, 2.75) is 26.9 Å². The van der Waals surface area contributed by atoms with Crippen molar-refractivity contribution in [1.82, 2.24) is 9.97 Å². The molecule has 1 aromatic carbocycles. The maximum atomic E-state index is 5.12. The molecule has 1 aromatic heterocycles. The molecule has 0 fully saturated rings. The summed E-state index contributed by atoms with van der Waals surface area (Å²) < 4.78 is 5.12. The number of hydrogen-bond donors (Lipinski definition) is 2. The number of nitrogens with zero attached hydrogens (tertiary/aromatic N) is 2. The molecule has 2 N–H and O–H groups in total. The number of aromatic nitrogens is 2. The average Bonchev–Trinajstić information content (AvgIpc) is 2.48. The quantitative estimate of drug-likeness (QED) is 0.817. The van der Waals surface area contributed by atoms with Crippen LogP contribution in [-0.2, 0) is 17.8 Å². The molecule has 112 valence electrons. The predicted molar refractivity (Wildman–Crippen MR) is 86.0 cm³/mol. The van der Waals surface area contributed by atoms with Crippen LogP contribution in [0.2, 0.25) is 0 Å². The fourth-order valence-corrected chi connectivity index (χ4v) is 2.00. The van der Waals surface area contributed by atoms with Gasteiger partial charge in [0.2, 0.25) is 0 Å². The lowest BCUT2D eigenvalue weighted by molar-refractivity contribution is 0.178. The number of rotatable bonds is 7. The van der Waals surface area contributed by atoms with Gasteiger partial charge in [0.1, 0.15) is 18.2 Å². The molecule has 1 heterocycles. The molecule has 0 aliphatic heterocycles. The summed E-state index contributed by atoms with van der Waals surface area (Å²) in [5.74, 6) is 2.22. The van der Waals surface area contributed by atoms with Crippen LogP contribution in [0.15, 0.2) is 30.3 Å². The lowest BCUT2D eigenvalue weighted by atomic mass is 10.1. The van der Waals surface area contributed by atoms with E-state index >= 15 is 0 Å². The minimum atomic E-state index is 0.392. The van der Waals surface area contributed by atoms with E-state index in [0.717, 1.165) is 30.3 Å². The van der Waals surface area contributed by atoms with Gasteiger partial charge >= 0.3 is 0 Å². The van der Waals surface area contributed by atoms with E-state index in [2.05, 4.69) is 51.8 Å². The van der Waals surface area contributed by atoms with Gasteiger partial charge in [-0.2, -0.15) is 0 Å². The van der Waals surface area contributed by atoms with E-state index in [1.54, 1.807) is 7.11 Å². The zero-order valence-electron chi connectivity index (χ0n) is 12.8. The Morgan fingerprint density at radius 3 is 2.38 bits per heavy atom. The summed E-state index contributed by atoms with van der Waals surface area (Å²) in [5.41, 5.74) is 2.33. The first kappa shape index (κ1) is 15.3. The van der Waals surface area contributed by atoms with Crippen LogP contribution in [0.5, 0.6) is 0 Å². The second-order valence-corrected chi connectivity index (χ2v) is 4.69. The van der Waals surface area contributed by atoms with Crippen LogP contribution in [0.25, 0.3) is 0 Å². The number of ether oxygens (including phenoxy) is 1. The van der Waals surface area contributed by atoms with Crippen molar-refractivity contribution in [3.63, 3.8) is 0 Å². The standard InChI is InChI=1S/C16H22N4O/c1-4-12-6-8-13(9-7-12)18-15-10-14(17-5-2)19-16(20-15)11-21-3/h6-10H,4-5,11H2,1-3H3,(H2,17,18,19,20). The second kappa shape index (κ2) is 7.59. The van der Waals surface area contributed by atoms with E-state index in [0.29, 0.717) is 12.4 Å². The van der Waals surface area contributed by atoms with Gasteiger partial charge in [-0.05, 0) is 31.0 Å². The monoisotopic (exact) mass is 286 g/mol. The Labute approximate surface area is 125 Å². The van der Waals surface area contributed by atoms with E-state index in [4.69, 9.17) is 4.74 Å². The van der Waals surface area contributed by atoms with Gasteiger partial charge in [-0.25, -0.2) is 9.97 Å². The molecule has 0 aliphatic carbocycles. The van der Waals surface area contributed by atoms with E-state index < -0.39 is 0 Å². The summed E-state index contributed by atoms with van der Waals surface area (Å²) in [4.78, 5) is 8.85. The van der Waals surface area contributed by atoms with Gasteiger partial charge in [-0.1, -0.05) is 19.1 Å². The SMILES string of the molecule is CCNc1cc(Nc2ccc(CC)cc2)nc(COC)n1. The Bertz CT molecular complexity index is 545. The van der Waals surface area contributed by atoms with Crippen molar-refractivity contribution in [1.29, 1.82) is 0 Å². The third-order valence-electron chi connectivity index (χ3n) is 3.04. The lowest BCUT2D eigenvalue weighted by Gasteiger charge is -2.10. The zero-order valence-corrected chi connectivity index (χ0v) is 12.8. The average molecular weight is 286 g/mol. The Morgan fingerprint density at radius 1 is 1.05 bits per heavy atom. The fourth-order valence-electron chi connectivity index (χ4n) is 2.00. The van der Waals surface area contributed by atoms with Crippen molar-refractivity contribution >= 4 is 17.3 Å². The van der Waals surface area contributed by atoms with E-state index in [1.807, 2.05) is 13.0 Å². The Kier molecular flexibility index (Phi) is 5.51. The first-order valence-electron chi connectivity index (χ1n) is 7.21. The van der Waals surface area contributed by atoms with Crippen LogP contribution < -0.4 is 10.6 Å². The van der Waals surface area contributed by atoms with Crippen LogP contribution in [0, 0.1) is 0 Å². The number of nitrogens with one attached hydrogen (secondary N) is 2. The molecule has 5 nitrogen and oxygen atoms in total. The molecular weight excluding hydrogens is 264 g/mol. The molecule has 0 atom stereocenters. The molecule has 0 saturated carbocycles. The van der Waals surface area contributed by atoms with Gasteiger partial charge in [0, 0.05) is 25.4 Å². The van der Waals surface area contributed by atoms with Crippen LogP contribution in [-0.4, -0.2) is 23.6 Å². The molecular formula is C16H22N4O. The molecule has 2 rings (SSSR count). The first-order chi connectivity index (χ1) is 10.2. The van der Waals surface area contributed by atoms with Crippen LogP contribution in [0.4, 0.5) is 17.3 Å². The minimum Gasteiger partial charge on any atom is -0.377 e. The van der Waals surface area contributed by atoms with E-state index in [-0.39, 0.29) is 0 Å². The van der Waals surface area contributed by atoms with Crippen molar-refractivity contribution in [2.75, 3.05) is 24.3 Å². The smallest absolute Gasteiger partial charge is 0.158 e. The molecule has 0 spiro atoms.